The van der Waals surface area contributed by atoms with Crippen LogP contribution in [-0.2, 0) is 6.42 Å². The molecule has 150 valence electrons. The van der Waals surface area contributed by atoms with E-state index in [4.69, 9.17) is 4.74 Å². The minimum Gasteiger partial charge on any atom is -0.508 e. The Morgan fingerprint density at radius 2 is 1.93 bits per heavy atom. The molecule has 0 aromatic heterocycles. The smallest absolute Gasteiger partial charge is 0.119 e. The standard InChI is InChI=1S/C24H30FNO2/c25-13-3-14-26-15-12-22(17-26)28-21-9-6-18(7-10-21)23-5-2-1-4-19-16-20(27)8-11-24(19)23/h6-11,16,22-23,27H,1-5,12-15,17H2/t22-,23?/m0/s1. The summed E-state index contributed by atoms with van der Waals surface area (Å²) < 4.78 is 18.5. The number of aryl methyl sites for hydroxylation is 1. The number of ether oxygens (including phenoxy) is 1. The van der Waals surface area contributed by atoms with Gasteiger partial charge in [-0.15, -0.1) is 0 Å². The second-order valence-electron chi connectivity index (χ2n) is 8.12. The molecule has 1 heterocycles. The van der Waals surface area contributed by atoms with Crippen LogP contribution in [0.15, 0.2) is 42.5 Å². The van der Waals surface area contributed by atoms with E-state index in [1.54, 1.807) is 0 Å². The molecule has 1 unspecified atom stereocenters. The highest BCUT2D eigenvalue weighted by atomic mass is 19.1. The van der Waals surface area contributed by atoms with Crippen molar-refractivity contribution in [3.63, 3.8) is 0 Å². The van der Waals surface area contributed by atoms with Gasteiger partial charge in [0, 0.05) is 25.6 Å². The number of aromatic hydroxyl groups is 1. The van der Waals surface area contributed by atoms with E-state index >= 15 is 0 Å². The number of hydrogen-bond donors (Lipinski definition) is 1. The van der Waals surface area contributed by atoms with Crippen LogP contribution in [-0.4, -0.2) is 42.4 Å². The Hall–Kier alpha value is -2.07. The van der Waals surface area contributed by atoms with Crippen LogP contribution in [0.4, 0.5) is 4.39 Å². The van der Waals surface area contributed by atoms with E-state index in [0.29, 0.717) is 18.1 Å². The highest BCUT2D eigenvalue weighted by Crippen LogP contribution is 2.37. The van der Waals surface area contributed by atoms with Crippen molar-refractivity contribution in [2.45, 2.75) is 50.5 Å². The van der Waals surface area contributed by atoms with Crippen LogP contribution in [0.1, 0.15) is 54.7 Å². The SMILES string of the molecule is Oc1ccc2c(c1)CCCCC2c1ccc(O[C@H]2CCN(CCCF)C2)cc1. The molecule has 4 rings (SSSR count). The van der Waals surface area contributed by atoms with Gasteiger partial charge >= 0.3 is 0 Å². The van der Waals surface area contributed by atoms with Crippen molar-refractivity contribution < 1.29 is 14.2 Å². The van der Waals surface area contributed by atoms with Gasteiger partial charge in [0.2, 0.25) is 0 Å². The van der Waals surface area contributed by atoms with Gasteiger partial charge in [0.15, 0.2) is 0 Å². The number of halogens is 1. The van der Waals surface area contributed by atoms with Gasteiger partial charge in [-0.1, -0.05) is 24.6 Å². The molecule has 2 atom stereocenters. The lowest BCUT2D eigenvalue weighted by atomic mass is 9.86. The molecule has 3 nitrogen and oxygen atoms in total. The Balaban J connectivity index is 1.43. The first-order valence-corrected chi connectivity index (χ1v) is 10.6. The van der Waals surface area contributed by atoms with Crippen molar-refractivity contribution >= 4 is 0 Å². The number of fused-ring (bicyclic) bond motifs is 1. The molecule has 1 fully saturated rings. The molecule has 0 saturated carbocycles. The Bertz CT molecular complexity index is 777. The predicted molar refractivity (Wildman–Crippen MR) is 110 cm³/mol. The highest BCUT2D eigenvalue weighted by Gasteiger charge is 2.24. The van der Waals surface area contributed by atoms with E-state index in [1.165, 1.54) is 29.5 Å². The van der Waals surface area contributed by atoms with Crippen LogP contribution in [0.25, 0.3) is 0 Å². The van der Waals surface area contributed by atoms with Crippen molar-refractivity contribution in [3.05, 3.63) is 59.2 Å². The monoisotopic (exact) mass is 383 g/mol. The van der Waals surface area contributed by atoms with Gasteiger partial charge < -0.3 is 9.84 Å². The zero-order valence-electron chi connectivity index (χ0n) is 16.4. The van der Waals surface area contributed by atoms with Crippen molar-refractivity contribution in [3.8, 4) is 11.5 Å². The lowest BCUT2D eigenvalue weighted by Gasteiger charge is -2.20. The van der Waals surface area contributed by atoms with Gasteiger partial charge in [0.25, 0.3) is 0 Å². The topological polar surface area (TPSA) is 32.7 Å². The maximum Gasteiger partial charge on any atom is 0.119 e. The molecule has 0 bridgehead atoms. The van der Waals surface area contributed by atoms with E-state index in [9.17, 15) is 9.50 Å². The molecule has 0 radical (unpaired) electrons. The van der Waals surface area contributed by atoms with Crippen LogP contribution in [0.5, 0.6) is 11.5 Å². The molecule has 0 spiro atoms. The first kappa shape index (κ1) is 19.3. The molecule has 1 saturated heterocycles. The average molecular weight is 384 g/mol. The van der Waals surface area contributed by atoms with Gasteiger partial charge in [0.1, 0.15) is 17.6 Å². The second kappa shape index (κ2) is 8.95. The third-order valence-electron chi connectivity index (χ3n) is 6.11. The van der Waals surface area contributed by atoms with Crippen LogP contribution >= 0.6 is 0 Å². The number of benzene rings is 2. The van der Waals surface area contributed by atoms with Gasteiger partial charge in [0.05, 0.1) is 6.67 Å². The van der Waals surface area contributed by atoms with Gasteiger partial charge in [-0.2, -0.15) is 0 Å². The summed E-state index contributed by atoms with van der Waals surface area (Å²) in [6, 6.07) is 14.4. The van der Waals surface area contributed by atoms with Gasteiger partial charge in [-0.25, -0.2) is 0 Å². The lowest BCUT2D eigenvalue weighted by Crippen LogP contribution is -2.26. The minimum atomic E-state index is -0.243. The summed E-state index contributed by atoms with van der Waals surface area (Å²) in [5.41, 5.74) is 3.95. The Morgan fingerprint density at radius 3 is 2.75 bits per heavy atom. The molecule has 1 aliphatic carbocycles. The van der Waals surface area contributed by atoms with Gasteiger partial charge in [-0.05, 0) is 73.1 Å². The number of alkyl halides is 1. The van der Waals surface area contributed by atoms with Crippen molar-refractivity contribution in [2.24, 2.45) is 0 Å². The summed E-state index contributed by atoms with van der Waals surface area (Å²) in [7, 11) is 0. The third-order valence-corrected chi connectivity index (χ3v) is 6.11. The molecule has 2 aliphatic rings. The number of hydrogen-bond acceptors (Lipinski definition) is 3. The van der Waals surface area contributed by atoms with Crippen molar-refractivity contribution in [1.82, 2.24) is 4.90 Å². The van der Waals surface area contributed by atoms with E-state index in [-0.39, 0.29) is 12.8 Å². The Morgan fingerprint density at radius 1 is 1.07 bits per heavy atom. The maximum atomic E-state index is 12.3. The van der Waals surface area contributed by atoms with E-state index < -0.39 is 0 Å². The van der Waals surface area contributed by atoms with Crippen LogP contribution in [0, 0.1) is 0 Å². The molecular formula is C24H30FNO2. The molecule has 2 aromatic carbocycles. The first-order chi connectivity index (χ1) is 13.7. The van der Waals surface area contributed by atoms with E-state index in [2.05, 4.69) is 35.2 Å². The quantitative estimate of drug-likeness (QED) is 0.708. The predicted octanol–water partition coefficient (Wildman–Crippen LogP) is 5.06. The zero-order valence-corrected chi connectivity index (χ0v) is 16.4. The largest absolute Gasteiger partial charge is 0.508 e. The van der Waals surface area contributed by atoms with E-state index in [0.717, 1.165) is 44.6 Å². The summed E-state index contributed by atoms with van der Waals surface area (Å²) in [5, 5.41) is 9.84. The molecule has 2 aromatic rings. The lowest BCUT2D eigenvalue weighted by molar-refractivity contribution is 0.198. The summed E-state index contributed by atoms with van der Waals surface area (Å²) >= 11 is 0. The zero-order chi connectivity index (χ0) is 19.3. The fraction of sp³-hybridized carbons (Fsp3) is 0.500. The Labute approximate surface area is 167 Å². The summed E-state index contributed by atoms with van der Waals surface area (Å²) in [6.07, 6.45) is 6.39. The average Bonchev–Trinajstić information content (AvgIpc) is 3.04. The number of nitrogens with zero attached hydrogens (tertiary/aromatic N) is 1. The normalized spacial score (nSPS) is 22.6. The highest BCUT2D eigenvalue weighted by molar-refractivity contribution is 5.43. The van der Waals surface area contributed by atoms with Gasteiger partial charge in [-0.3, -0.25) is 9.29 Å². The molecule has 4 heteroatoms. The second-order valence-corrected chi connectivity index (χ2v) is 8.12. The summed E-state index contributed by atoms with van der Waals surface area (Å²) in [5.74, 6) is 1.66. The molecular weight excluding hydrogens is 353 g/mol. The number of phenolic OH excluding ortho intramolecular Hbond substituents is 1. The Kier molecular flexibility index (Phi) is 6.16. The summed E-state index contributed by atoms with van der Waals surface area (Å²) in [6.45, 7) is 2.47. The van der Waals surface area contributed by atoms with Crippen molar-refractivity contribution in [1.29, 1.82) is 0 Å². The third kappa shape index (κ3) is 4.49. The van der Waals surface area contributed by atoms with Crippen LogP contribution in [0.2, 0.25) is 0 Å². The fourth-order valence-corrected chi connectivity index (χ4v) is 4.67. The first-order valence-electron chi connectivity index (χ1n) is 10.6. The summed E-state index contributed by atoms with van der Waals surface area (Å²) in [4.78, 5) is 2.29. The van der Waals surface area contributed by atoms with Crippen molar-refractivity contribution in [2.75, 3.05) is 26.3 Å². The maximum absolute atomic E-state index is 12.3. The molecule has 1 aliphatic heterocycles. The molecule has 28 heavy (non-hydrogen) atoms. The molecule has 1 N–H and O–H groups in total. The fourth-order valence-electron chi connectivity index (χ4n) is 4.67. The van der Waals surface area contributed by atoms with Crippen LogP contribution < -0.4 is 4.74 Å². The number of phenols is 1. The van der Waals surface area contributed by atoms with Crippen LogP contribution in [0.3, 0.4) is 0 Å². The molecule has 0 amide bonds. The number of rotatable bonds is 6. The number of likely N-dealkylation sites (tertiary alicyclic amines) is 1. The van der Waals surface area contributed by atoms with E-state index in [1.807, 2.05) is 12.1 Å². The minimum absolute atomic E-state index is 0.201.